The van der Waals surface area contributed by atoms with Crippen LogP contribution in [0.2, 0.25) is 0 Å². The first-order valence-corrected chi connectivity index (χ1v) is 7.80. The average molecular weight is 281 g/mol. The number of allylic oxidation sites excluding steroid dienone is 1. The molecule has 0 fully saturated rings. The first kappa shape index (κ1) is 15.4. The van der Waals surface area contributed by atoms with Crippen LogP contribution in [-0.4, -0.2) is 12.8 Å². The number of fused-ring (bicyclic) bond motifs is 1. The van der Waals surface area contributed by atoms with E-state index in [-0.39, 0.29) is 0 Å². The molecule has 0 amide bonds. The molecule has 0 aliphatic rings. The van der Waals surface area contributed by atoms with Crippen molar-refractivity contribution in [3.05, 3.63) is 47.7 Å². The first-order valence-electron chi connectivity index (χ1n) is 7.80. The highest BCUT2D eigenvalue weighted by atomic mass is 14.9. The minimum absolute atomic E-state index is 0.507. The van der Waals surface area contributed by atoms with Crippen molar-refractivity contribution in [2.24, 2.45) is 4.99 Å². The summed E-state index contributed by atoms with van der Waals surface area (Å²) in [4.78, 5) is 4.26. The number of nitrogens with zero attached hydrogens (tertiary/aromatic N) is 2. The van der Waals surface area contributed by atoms with Crippen LogP contribution in [0.15, 0.2) is 41.5 Å². The maximum atomic E-state index is 4.26. The number of benzene rings is 1. The third-order valence-electron chi connectivity index (χ3n) is 3.74. The zero-order valence-corrected chi connectivity index (χ0v) is 13.5. The van der Waals surface area contributed by atoms with Gasteiger partial charge in [-0.2, -0.15) is 4.57 Å². The average Bonchev–Trinajstić information content (AvgIpc) is 2.50. The largest absolute Gasteiger partial charge is 0.293 e. The summed E-state index contributed by atoms with van der Waals surface area (Å²) in [5.74, 6) is 0.507. The molecule has 21 heavy (non-hydrogen) atoms. The van der Waals surface area contributed by atoms with E-state index in [1.807, 2.05) is 19.2 Å². The van der Waals surface area contributed by atoms with Crippen molar-refractivity contribution >= 4 is 23.2 Å². The van der Waals surface area contributed by atoms with E-state index in [9.17, 15) is 0 Å². The van der Waals surface area contributed by atoms with Gasteiger partial charge in [-0.3, -0.25) is 4.99 Å². The fourth-order valence-corrected chi connectivity index (χ4v) is 2.66. The van der Waals surface area contributed by atoms with Crippen LogP contribution >= 0.6 is 0 Å². The van der Waals surface area contributed by atoms with Crippen LogP contribution in [0.1, 0.15) is 44.7 Å². The van der Waals surface area contributed by atoms with Crippen molar-refractivity contribution < 1.29 is 4.57 Å². The van der Waals surface area contributed by atoms with Gasteiger partial charge in [0, 0.05) is 24.9 Å². The molecule has 0 N–H and O–H groups in total. The molecule has 110 valence electrons. The first-order chi connectivity index (χ1) is 10.2. The Kier molecular flexibility index (Phi) is 5.26. The van der Waals surface area contributed by atoms with E-state index in [1.165, 1.54) is 22.0 Å². The third-order valence-corrected chi connectivity index (χ3v) is 3.74. The second kappa shape index (κ2) is 7.16. The molecule has 0 unspecified atom stereocenters. The van der Waals surface area contributed by atoms with Crippen LogP contribution in [0.3, 0.4) is 0 Å². The Hall–Kier alpha value is -1.96. The van der Waals surface area contributed by atoms with Crippen LogP contribution in [0.25, 0.3) is 17.0 Å². The van der Waals surface area contributed by atoms with Crippen molar-refractivity contribution in [1.82, 2.24) is 0 Å². The van der Waals surface area contributed by atoms with Crippen molar-refractivity contribution in [3.63, 3.8) is 0 Å². The van der Waals surface area contributed by atoms with Crippen molar-refractivity contribution in [2.45, 2.75) is 40.2 Å². The zero-order chi connectivity index (χ0) is 15.2. The van der Waals surface area contributed by atoms with Crippen molar-refractivity contribution in [1.29, 1.82) is 0 Å². The molecule has 1 aromatic heterocycles. The fourth-order valence-electron chi connectivity index (χ4n) is 2.66. The lowest BCUT2D eigenvalue weighted by Gasteiger charge is -2.12. The molecule has 1 heterocycles. The molecule has 0 radical (unpaired) electrons. The highest BCUT2D eigenvalue weighted by molar-refractivity contribution is 5.91. The van der Waals surface area contributed by atoms with E-state index in [1.54, 1.807) is 0 Å². The summed E-state index contributed by atoms with van der Waals surface area (Å²) in [6.45, 7) is 10.5. The van der Waals surface area contributed by atoms with Gasteiger partial charge in [0.1, 0.15) is 6.54 Å². The van der Waals surface area contributed by atoms with E-state index >= 15 is 0 Å². The van der Waals surface area contributed by atoms with E-state index in [2.05, 4.69) is 66.9 Å². The normalized spacial score (nSPS) is 12.2. The second-order valence-corrected chi connectivity index (χ2v) is 5.46. The lowest BCUT2D eigenvalue weighted by molar-refractivity contribution is -0.667. The summed E-state index contributed by atoms with van der Waals surface area (Å²) in [5, 5.41) is 1.31. The molecule has 0 saturated heterocycles. The van der Waals surface area contributed by atoms with Gasteiger partial charge in [-0.05, 0) is 43.0 Å². The Morgan fingerprint density at radius 2 is 2.00 bits per heavy atom. The Morgan fingerprint density at radius 1 is 1.19 bits per heavy atom. The number of aliphatic imine (C=N–C) groups is 1. The molecular formula is C19H25N2+. The van der Waals surface area contributed by atoms with Crippen LogP contribution in [-0.2, 0) is 6.54 Å². The zero-order valence-electron chi connectivity index (χ0n) is 13.5. The highest BCUT2D eigenvalue weighted by Crippen LogP contribution is 2.27. The lowest BCUT2D eigenvalue weighted by atomic mass is 9.93. The fraction of sp³-hybridized carbons (Fsp3) is 0.368. The number of rotatable bonds is 5. The van der Waals surface area contributed by atoms with E-state index < -0.39 is 0 Å². The Balaban J connectivity index is 2.64. The molecule has 0 bridgehead atoms. The molecule has 0 aliphatic carbocycles. The number of pyridine rings is 1. The maximum absolute atomic E-state index is 4.26. The van der Waals surface area contributed by atoms with Gasteiger partial charge >= 0.3 is 0 Å². The quantitative estimate of drug-likeness (QED) is 0.571. The number of aromatic nitrogens is 1. The van der Waals surface area contributed by atoms with Gasteiger partial charge in [-0.25, -0.2) is 0 Å². The van der Waals surface area contributed by atoms with Crippen LogP contribution in [0.4, 0.5) is 0 Å². The second-order valence-electron chi connectivity index (χ2n) is 5.46. The van der Waals surface area contributed by atoms with Gasteiger partial charge in [0.05, 0.1) is 5.39 Å². The monoisotopic (exact) mass is 281 g/mol. The van der Waals surface area contributed by atoms with Gasteiger partial charge in [0.2, 0.25) is 5.52 Å². The van der Waals surface area contributed by atoms with E-state index in [4.69, 9.17) is 0 Å². The van der Waals surface area contributed by atoms with Crippen molar-refractivity contribution in [3.8, 4) is 0 Å². The molecule has 0 spiro atoms. The highest BCUT2D eigenvalue weighted by Gasteiger charge is 2.13. The summed E-state index contributed by atoms with van der Waals surface area (Å²) in [7, 11) is 0. The number of aryl methyl sites for hydroxylation is 1. The molecule has 1 aromatic carbocycles. The Morgan fingerprint density at radius 3 is 2.67 bits per heavy atom. The Labute approximate surface area is 127 Å². The summed E-state index contributed by atoms with van der Waals surface area (Å²) >= 11 is 0. The molecule has 2 heteroatoms. The summed E-state index contributed by atoms with van der Waals surface area (Å²) in [5.41, 5.74) is 3.99. The smallest absolute Gasteiger partial charge is 0.213 e. The summed E-state index contributed by atoms with van der Waals surface area (Å²) in [6.07, 6.45) is 8.27. The maximum Gasteiger partial charge on any atom is 0.213 e. The SMILES string of the molecule is CC/N=C/C=C\c1c(C(C)C)ccc2c1ccc[n+]2CC. The van der Waals surface area contributed by atoms with Gasteiger partial charge in [-0.15, -0.1) is 0 Å². The predicted octanol–water partition coefficient (Wildman–Crippen LogP) is 4.37. The standard InChI is InChI=1S/C19H25N2/c1-5-20-13-7-9-17-16(15(3)4)11-12-19-18(17)10-8-14-21(19)6-2/h7-15H,5-6H2,1-4H3/q+1/b9-7-,20-13+. The summed E-state index contributed by atoms with van der Waals surface area (Å²) in [6, 6.07) is 8.85. The van der Waals surface area contributed by atoms with Gasteiger partial charge in [-0.1, -0.05) is 26.0 Å². The number of hydrogen-bond donors (Lipinski definition) is 0. The molecule has 2 nitrogen and oxygen atoms in total. The molecule has 0 atom stereocenters. The predicted molar refractivity (Wildman–Crippen MR) is 92.0 cm³/mol. The molecule has 2 aromatic rings. The number of hydrogen-bond acceptors (Lipinski definition) is 1. The van der Waals surface area contributed by atoms with Crippen molar-refractivity contribution in [2.75, 3.05) is 6.54 Å². The minimum atomic E-state index is 0.507. The molecular weight excluding hydrogens is 256 g/mol. The molecule has 0 saturated carbocycles. The topological polar surface area (TPSA) is 16.2 Å². The Bertz CT molecular complexity index is 667. The van der Waals surface area contributed by atoms with E-state index in [0.717, 1.165) is 13.1 Å². The third kappa shape index (κ3) is 3.38. The van der Waals surface area contributed by atoms with Gasteiger partial charge in [0.25, 0.3) is 0 Å². The van der Waals surface area contributed by atoms with E-state index in [0.29, 0.717) is 5.92 Å². The summed E-state index contributed by atoms with van der Waals surface area (Å²) < 4.78 is 2.29. The minimum Gasteiger partial charge on any atom is -0.293 e. The van der Waals surface area contributed by atoms with Crippen LogP contribution in [0.5, 0.6) is 0 Å². The molecule has 0 aliphatic heterocycles. The molecule has 2 rings (SSSR count). The van der Waals surface area contributed by atoms with Gasteiger partial charge < -0.3 is 0 Å². The lowest BCUT2D eigenvalue weighted by Crippen LogP contribution is -2.32. The van der Waals surface area contributed by atoms with Crippen LogP contribution in [0, 0.1) is 0 Å². The van der Waals surface area contributed by atoms with Crippen LogP contribution < -0.4 is 4.57 Å². The van der Waals surface area contributed by atoms with Gasteiger partial charge in [0.15, 0.2) is 6.20 Å².